The highest BCUT2D eigenvalue weighted by molar-refractivity contribution is 5.39. The lowest BCUT2D eigenvalue weighted by atomic mass is 10.1. The van der Waals surface area contributed by atoms with E-state index in [1.54, 1.807) is 0 Å². The molecule has 3 heteroatoms. The van der Waals surface area contributed by atoms with Crippen molar-refractivity contribution in [1.82, 2.24) is 4.90 Å². The molecule has 0 aromatic heterocycles. The summed E-state index contributed by atoms with van der Waals surface area (Å²) in [6.45, 7) is 6.45. The summed E-state index contributed by atoms with van der Waals surface area (Å²) in [5.74, 6) is 0. The van der Waals surface area contributed by atoms with E-state index in [4.69, 9.17) is 10.5 Å². The molecule has 0 amide bonds. The summed E-state index contributed by atoms with van der Waals surface area (Å²) in [4.78, 5) is 2.49. The number of anilines is 1. The molecular formula is C16H26N2O. The van der Waals surface area contributed by atoms with Crippen LogP contribution < -0.4 is 5.73 Å². The molecular weight excluding hydrogens is 236 g/mol. The van der Waals surface area contributed by atoms with Crippen LogP contribution in [0.5, 0.6) is 0 Å². The Hall–Kier alpha value is -1.06. The Balaban J connectivity index is 1.71. The third kappa shape index (κ3) is 4.84. The number of ether oxygens (including phenoxy) is 1. The lowest BCUT2D eigenvalue weighted by molar-refractivity contribution is 0.0986. The van der Waals surface area contributed by atoms with E-state index in [1.807, 2.05) is 12.1 Å². The monoisotopic (exact) mass is 262 g/mol. The number of hydrogen-bond acceptors (Lipinski definition) is 3. The van der Waals surface area contributed by atoms with Gasteiger partial charge in [-0.05, 0) is 56.5 Å². The Morgan fingerprint density at radius 2 is 2.11 bits per heavy atom. The van der Waals surface area contributed by atoms with E-state index in [1.165, 1.54) is 31.2 Å². The highest BCUT2D eigenvalue weighted by Gasteiger charge is 2.15. The summed E-state index contributed by atoms with van der Waals surface area (Å²) in [6.07, 6.45) is 5.46. The maximum Gasteiger partial charge on any atom is 0.0576 e. The molecule has 0 saturated carbocycles. The third-order valence-electron chi connectivity index (χ3n) is 3.86. The van der Waals surface area contributed by atoms with Crippen molar-refractivity contribution in [3.8, 4) is 0 Å². The van der Waals surface area contributed by atoms with Crippen LogP contribution >= 0.6 is 0 Å². The summed E-state index contributed by atoms with van der Waals surface area (Å²) >= 11 is 0. The molecule has 3 nitrogen and oxygen atoms in total. The van der Waals surface area contributed by atoms with Crippen molar-refractivity contribution in [3.63, 3.8) is 0 Å². The molecule has 106 valence electrons. The fourth-order valence-corrected chi connectivity index (χ4v) is 2.64. The van der Waals surface area contributed by atoms with Crippen LogP contribution in [0.15, 0.2) is 24.3 Å². The summed E-state index contributed by atoms with van der Waals surface area (Å²) in [6, 6.07) is 8.21. The van der Waals surface area contributed by atoms with E-state index in [2.05, 4.69) is 24.0 Å². The molecule has 2 rings (SSSR count). The van der Waals surface area contributed by atoms with E-state index in [9.17, 15) is 0 Å². The van der Waals surface area contributed by atoms with Crippen molar-refractivity contribution in [3.05, 3.63) is 29.8 Å². The first-order valence-corrected chi connectivity index (χ1v) is 7.46. The van der Waals surface area contributed by atoms with Crippen LogP contribution in [0.2, 0.25) is 0 Å². The van der Waals surface area contributed by atoms with Crippen LogP contribution in [0.1, 0.15) is 38.2 Å². The molecule has 1 fully saturated rings. The van der Waals surface area contributed by atoms with Gasteiger partial charge < -0.3 is 10.5 Å². The molecule has 0 radical (unpaired) electrons. The number of hydrogen-bond donors (Lipinski definition) is 1. The van der Waals surface area contributed by atoms with Crippen molar-refractivity contribution >= 4 is 5.69 Å². The predicted molar refractivity (Wildman–Crippen MR) is 80.0 cm³/mol. The van der Waals surface area contributed by atoms with Gasteiger partial charge in [-0.3, -0.25) is 4.90 Å². The topological polar surface area (TPSA) is 38.5 Å². The Morgan fingerprint density at radius 1 is 1.32 bits per heavy atom. The zero-order valence-corrected chi connectivity index (χ0v) is 12.0. The lowest BCUT2D eigenvalue weighted by Crippen LogP contribution is -2.24. The van der Waals surface area contributed by atoms with Crippen molar-refractivity contribution in [2.45, 2.75) is 45.3 Å². The highest BCUT2D eigenvalue weighted by atomic mass is 16.5. The summed E-state index contributed by atoms with van der Waals surface area (Å²) in [7, 11) is 0. The molecule has 0 bridgehead atoms. The molecule has 0 spiro atoms. The first kappa shape index (κ1) is 14.4. The zero-order valence-electron chi connectivity index (χ0n) is 12.0. The fourth-order valence-electron chi connectivity index (χ4n) is 2.64. The molecule has 1 atom stereocenters. The second kappa shape index (κ2) is 7.51. The van der Waals surface area contributed by atoms with Gasteiger partial charge in [0.1, 0.15) is 0 Å². The molecule has 0 aliphatic carbocycles. The molecule has 1 aliphatic heterocycles. The van der Waals surface area contributed by atoms with E-state index < -0.39 is 0 Å². The molecule has 1 aromatic carbocycles. The van der Waals surface area contributed by atoms with Gasteiger partial charge >= 0.3 is 0 Å². The molecule has 1 unspecified atom stereocenters. The van der Waals surface area contributed by atoms with Gasteiger partial charge in [0.05, 0.1) is 6.10 Å². The highest BCUT2D eigenvalue weighted by Crippen LogP contribution is 2.17. The van der Waals surface area contributed by atoms with Crippen LogP contribution in [0.4, 0.5) is 5.69 Å². The smallest absolute Gasteiger partial charge is 0.0576 e. The first-order valence-electron chi connectivity index (χ1n) is 7.46. The Bertz CT molecular complexity index is 358. The maximum absolute atomic E-state index is 5.71. The van der Waals surface area contributed by atoms with E-state index in [0.29, 0.717) is 6.10 Å². The predicted octanol–water partition coefficient (Wildman–Crippen LogP) is 3.05. The summed E-state index contributed by atoms with van der Waals surface area (Å²) in [5.41, 5.74) is 7.89. The number of rotatable bonds is 7. The molecule has 1 aliphatic rings. The molecule has 1 saturated heterocycles. The van der Waals surface area contributed by atoms with Crippen LogP contribution in [0, 0.1) is 0 Å². The fraction of sp³-hybridized carbons (Fsp3) is 0.625. The Labute approximate surface area is 116 Å². The number of nitrogens with zero attached hydrogens (tertiary/aromatic N) is 1. The second-order valence-electron chi connectivity index (χ2n) is 5.39. The van der Waals surface area contributed by atoms with Gasteiger partial charge in [0.15, 0.2) is 0 Å². The van der Waals surface area contributed by atoms with Crippen LogP contribution in [0.25, 0.3) is 0 Å². The quantitative estimate of drug-likeness (QED) is 0.768. The average Bonchev–Trinajstić information content (AvgIpc) is 2.93. The minimum absolute atomic E-state index is 0.523. The lowest BCUT2D eigenvalue weighted by Gasteiger charge is -2.21. The van der Waals surface area contributed by atoms with Crippen LogP contribution in [-0.4, -0.2) is 30.7 Å². The number of nitrogen functional groups attached to an aromatic ring is 1. The molecule has 1 aromatic rings. The van der Waals surface area contributed by atoms with Gasteiger partial charge in [0.2, 0.25) is 0 Å². The van der Waals surface area contributed by atoms with Gasteiger partial charge in [0.25, 0.3) is 0 Å². The normalized spacial score (nSPS) is 19.2. The number of benzene rings is 1. The van der Waals surface area contributed by atoms with E-state index in [0.717, 1.165) is 31.9 Å². The average molecular weight is 262 g/mol. The van der Waals surface area contributed by atoms with Gasteiger partial charge in [-0.15, -0.1) is 0 Å². The second-order valence-corrected chi connectivity index (χ2v) is 5.39. The first-order chi connectivity index (χ1) is 9.28. The minimum atomic E-state index is 0.523. The van der Waals surface area contributed by atoms with Gasteiger partial charge in [-0.1, -0.05) is 19.1 Å². The van der Waals surface area contributed by atoms with Crippen molar-refractivity contribution in [2.24, 2.45) is 0 Å². The van der Waals surface area contributed by atoms with Gasteiger partial charge in [0, 0.05) is 18.8 Å². The van der Waals surface area contributed by atoms with Gasteiger partial charge in [-0.2, -0.15) is 0 Å². The van der Waals surface area contributed by atoms with Crippen molar-refractivity contribution in [1.29, 1.82) is 0 Å². The van der Waals surface area contributed by atoms with Crippen LogP contribution in [-0.2, 0) is 11.3 Å². The standard InChI is InChI=1S/C16H26N2O/c1-2-18(11-3-5-16-6-4-12-19-16)13-14-7-9-15(17)10-8-14/h7-10,16H,2-6,11-13,17H2,1H3. The van der Waals surface area contributed by atoms with Crippen molar-refractivity contribution < 1.29 is 4.74 Å². The van der Waals surface area contributed by atoms with Crippen LogP contribution in [0.3, 0.4) is 0 Å². The van der Waals surface area contributed by atoms with E-state index in [-0.39, 0.29) is 0 Å². The maximum atomic E-state index is 5.71. The largest absolute Gasteiger partial charge is 0.399 e. The Morgan fingerprint density at radius 3 is 2.74 bits per heavy atom. The zero-order chi connectivity index (χ0) is 13.5. The SMILES string of the molecule is CCN(CCCC1CCCO1)Cc1ccc(N)cc1. The number of nitrogens with two attached hydrogens (primary N) is 1. The molecule has 1 heterocycles. The molecule has 2 N–H and O–H groups in total. The van der Waals surface area contributed by atoms with E-state index >= 15 is 0 Å². The summed E-state index contributed by atoms with van der Waals surface area (Å²) < 4.78 is 5.67. The van der Waals surface area contributed by atoms with Gasteiger partial charge in [-0.25, -0.2) is 0 Å². The Kier molecular flexibility index (Phi) is 5.67. The van der Waals surface area contributed by atoms with Crippen molar-refractivity contribution in [2.75, 3.05) is 25.4 Å². The third-order valence-corrected chi connectivity index (χ3v) is 3.86. The molecule has 19 heavy (non-hydrogen) atoms. The minimum Gasteiger partial charge on any atom is -0.399 e. The summed E-state index contributed by atoms with van der Waals surface area (Å²) in [5, 5.41) is 0.